The number of nitrogens with zero attached hydrogens (tertiary/aromatic N) is 1. The highest BCUT2D eigenvalue weighted by atomic mass is 19.1. The summed E-state index contributed by atoms with van der Waals surface area (Å²) in [4.78, 5) is 14.0. The Morgan fingerprint density at radius 2 is 2.28 bits per heavy atom. The summed E-state index contributed by atoms with van der Waals surface area (Å²) in [6, 6.07) is 2.85. The zero-order valence-electron chi connectivity index (χ0n) is 10.9. The average molecular weight is 250 g/mol. The molecule has 1 heterocycles. The fourth-order valence-electron chi connectivity index (χ4n) is 2.36. The highest BCUT2D eigenvalue weighted by Gasteiger charge is 2.26. The van der Waals surface area contributed by atoms with E-state index in [9.17, 15) is 9.18 Å². The summed E-state index contributed by atoms with van der Waals surface area (Å²) in [6.45, 7) is 5.27. The van der Waals surface area contributed by atoms with Crippen molar-refractivity contribution in [3.05, 3.63) is 29.1 Å². The fourth-order valence-corrected chi connectivity index (χ4v) is 2.36. The van der Waals surface area contributed by atoms with Gasteiger partial charge in [-0.3, -0.25) is 4.79 Å². The van der Waals surface area contributed by atoms with Gasteiger partial charge in [-0.1, -0.05) is 13.3 Å². The van der Waals surface area contributed by atoms with Crippen molar-refractivity contribution in [3.8, 4) is 0 Å². The van der Waals surface area contributed by atoms with Gasteiger partial charge in [-0.25, -0.2) is 4.39 Å². The minimum absolute atomic E-state index is 0.114. The Morgan fingerprint density at radius 3 is 2.83 bits per heavy atom. The average Bonchev–Trinajstić information content (AvgIpc) is 2.83. The highest BCUT2D eigenvalue weighted by molar-refractivity contribution is 5.95. The number of hydrogen-bond acceptors (Lipinski definition) is 2. The van der Waals surface area contributed by atoms with Crippen LogP contribution in [0.25, 0.3) is 0 Å². The van der Waals surface area contributed by atoms with Crippen LogP contribution in [0.2, 0.25) is 0 Å². The Balaban J connectivity index is 2.19. The first-order valence-electron chi connectivity index (χ1n) is 6.37. The van der Waals surface area contributed by atoms with E-state index < -0.39 is 5.82 Å². The lowest BCUT2D eigenvalue weighted by Crippen LogP contribution is -2.28. The minimum Gasteiger partial charge on any atom is -0.398 e. The number of nitrogens with two attached hydrogens (primary N) is 1. The second-order valence-electron chi connectivity index (χ2n) is 4.99. The number of nitrogen functional groups attached to an aromatic ring is 1. The van der Waals surface area contributed by atoms with Gasteiger partial charge in [-0.05, 0) is 31.4 Å². The van der Waals surface area contributed by atoms with E-state index in [2.05, 4.69) is 6.92 Å². The lowest BCUT2D eigenvalue weighted by Gasteiger charge is -2.17. The van der Waals surface area contributed by atoms with Gasteiger partial charge in [0.1, 0.15) is 5.82 Å². The maximum absolute atomic E-state index is 13.6. The van der Waals surface area contributed by atoms with Crippen LogP contribution in [-0.4, -0.2) is 23.9 Å². The molecule has 1 aliphatic rings. The van der Waals surface area contributed by atoms with E-state index in [1.165, 1.54) is 6.07 Å². The third-order valence-electron chi connectivity index (χ3n) is 3.78. The summed E-state index contributed by atoms with van der Waals surface area (Å²) in [5, 5.41) is 0. The van der Waals surface area contributed by atoms with Crippen LogP contribution in [0.3, 0.4) is 0 Å². The Bertz CT molecular complexity index is 450. The predicted molar refractivity (Wildman–Crippen MR) is 69.9 cm³/mol. The van der Waals surface area contributed by atoms with Gasteiger partial charge in [0.2, 0.25) is 0 Å². The molecule has 1 fully saturated rings. The lowest BCUT2D eigenvalue weighted by atomic mass is 10.1. The van der Waals surface area contributed by atoms with Crippen molar-refractivity contribution in [1.82, 2.24) is 4.90 Å². The summed E-state index contributed by atoms with van der Waals surface area (Å²) in [7, 11) is 0. The van der Waals surface area contributed by atoms with Crippen molar-refractivity contribution < 1.29 is 9.18 Å². The van der Waals surface area contributed by atoms with E-state index in [1.54, 1.807) is 17.9 Å². The van der Waals surface area contributed by atoms with Gasteiger partial charge >= 0.3 is 0 Å². The lowest BCUT2D eigenvalue weighted by molar-refractivity contribution is 0.0786. The van der Waals surface area contributed by atoms with Gasteiger partial charge in [0.25, 0.3) is 5.91 Å². The molecule has 1 aromatic rings. The maximum atomic E-state index is 13.6. The van der Waals surface area contributed by atoms with Gasteiger partial charge < -0.3 is 10.6 Å². The number of carbonyl (C=O) groups is 1. The molecule has 4 heteroatoms. The summed E-state index contributed by atoms with van der Waals surface area (Å²) in [6.07, 6.45) is 2.11. The molecule has 0 radical (unpaired) electrons. The number of halogens is 1. The van der Waals surface area contributed by atoms with Crippen LogP contribution >= 0.6 is 0 Å². The van der Waals surface area contributed by atoms with Crippen LogP contribution in [-0.2, 0) is 0 Å². The summed E-state index contributed by atoms with van der Waals surface area (Å²) in [5.41, 5.74) is 6.79. The van der Waals surface area contributed by atoms with E-state index >= 15 is 0 Å². The normalized spacial score (nSPS) is 19.3. The van der Waals surface area contributed by atoms with Crippen LogP contribution in [0.4, 0.5) is 10.1 Å². The molecule has 0 aliphatic carbocycles. The molecule has 3 nitrogen and oxygen atoms in total. The predicted octanol–water partition coefficient (Wildman–Crippen LogP) is 2.59. The number of hydrogen-bond donors (Lipinski definition) is 1. The van der Waals surface area contributed by atoms with Crippen LogP contribution in [0, 0.1) is 18.7 Å². The molecule has 0 saturated carbocycles. The summed E-state index contributed by atoms with van der Waals surface area (Å²) >= 11 is 0. The number of benzene rings is 1. The molecule has 1 saturated heterocycles. The monoisotopic (exact) mass is 250 g/mol. The van der Waals surface area contributed by atoms with Crippen molar-refractivity contribution >= 4 is 11.6 Å². The standard InChI is InChI=1S/C14H19FN2O/c1-3-10-4-5-17(8-10)14(18)11-6-12(15)9(2)13(16)7-11/h6-7,10H,3-5,8,16H2,1-2H3. The molecular formula is C14H19FN2O. The van der Waals surface area contributed by atoms with E-state index in [0.717, 1.165) is 25.9 Å². The van der Waals surface area contributed by atoms with Crippen LogP contribution in [0.5, 0.6) is 0 Å². The number of amides is 1. The van der Waals surface area contributed by atoms with Crippen molar-refractivity contribution in [2.45, 2.75) is 26.7 Å². The Hall–Kier alpha value is -1.58. The highest BCUT2D eigenvalue weighted by Crippen LogP contribution is 2.23. The maximum Gasteiger partial charge on any atom is 0.254 e. The Kier molecular flexibility index (Phi) is 3.55. The molecule has 18 heavy (non-hydrogen) atoms. The van der Waals surface area contributed by atoms with Gasteiger partial charge in [0.15, 0.2) is 0 Å². The van der Waals surface area contributed by atoms with Crippen molar-refractivity contribution in [3.63, 3.8) is 0 Å². The molecule has 1 aromatic carbocycles. The number of rotatable bonds is 2. The zero-order valence-corrected chi connectivity index (χ0v) is 10.9. The van der Waals surface area contributed by atoms with E-state index in [4.69, 9.17) is 5.73 Å². The molecule has 1 atom stereocenters. The van der Waals surface area contributed by atoms with Crippen molar-refractivity contribution in [2.24, 2.45) is 5.92 Å². The number of carbonyl (C=O) groups excluding carboxylic acids is 1. The van der Waals surface area contributed by atoms with Crippen molar-refractivity contribution in [1.29, 1.82) is 0 Å². The minimum atomic E-state index is -0.412. The smallest absolute Gasteiger partial charge is 0.254 e. The van der Waals surface area contributed by atoms with Crippen LogP contribution < -0.4 is 5.73 Å². The van der Waals surface area contributed by atoms with E-state index in [1.807, 2.05) is 0 Å². The number of likely N-dealkylation sites (tertiary alicyclic amines) is 1. The topological polar surface area (TPSA) is 46.3 Å². The summed E-state index contributed by atoms with van der Waals surface area (Å²) < 4.78 is 13.6. The fraction of sp³-hybridized carbons (Fsp3) is 0.500. The quantitative estimate of drug-likeness (QED) is 0.820. The van der Waals surface area contributed by atoms with Gasteiger partial charge in [-0.15, -0.1) is 0 Å². The first-order valence-corrected chi connectivity index (χ1v) is 6.37. The van der Waals surface area contributed by atoms with Gasteiger partial charge in [0.05, 0.1) is 0 Å². The first kappa shape index (κ1) is 12.9. The Labute approximate surface area is 107 Å². The second-order valence-corrected chi connectivity index (χ2v) is 4.99. The molecule has 1 unspecified atom stereocenters. The molecule has 2 N–H and O–H groups in total. The largest absolute Gasteiger partial charge is 0.398 e. The molecule has 1 amide bonds. The zero-order chi connectivity index (χ0) is 13.3. The van der Waals surface area contributed by atoms with Crippen molar-refractivity contribution in [2.75, 3.05) is 18.8 Å². The van der Waals surface area contributed by atoms with Crippen LogP contribution in [0.15, 0.2) is 12.1 Å². The first-order chi connectivity index (χ1) is 8.52. The third-order valence-corrected chi connectivity index (χ3v) is 3.78. The molecule has 0 bridgehead atoms. The SMILES string of the molecule is CCC1CCN(C(=O)c2cc(N)c(C)c(F)c2)C1. The number of anilines is 1. The molecular weight excluding hydrogens is 231 g/mol. The Morgan fingerprint density at radius 1 is 1.56 bits per heavy atom. The molecule has 1 aliphatic heterocycles. The molecule has 0 aromatic heterocycles. The molecule has 0 spiro atoms. The van der Waals surface area contributed by atoms with Gasteiger partial charge in [-0.2, -0.15) is 0 Å². The van der Waals surface area contributed by atoms with Crippen LogP contribution in [0.1, 0.15) is 35.7 Å². The van der Waals surface area contributed by atoms with E-state index in [0.29, 0.717) is 22.7 Å². The second kappa shape index (κ2) is 4.96. The molecule has 2 rings (SSSR count). The molecule has 98 valence electrons. The summed E-state index contributed by atoms with van der Waals surface area (Å²) in [5.74, 6) is 0.0442. The van der Waals surface area contributed by atoms with Gasteiger partial charge in [0, 0.05) is 29.9 Å². The van der Waals surface area contributed by atoms with E-state index in [-0.39, 0.29) is 5.91 Å². The third kappa shape index (κ3) is 2.33.